The van der Waals surface area contributed by atoms with Crippen LogP contribution >= 0.6 is 0 Å². The molecule has 1 aliphatic heterocycles. The van der Waals surface area contributed by atoms with Crippen LogP contribution in [0.25, 0.3) is 11.1 Å². The molecular weight excluding hydrogens is 366 g/mol. The van der Waals surface area contributed by atoms with Gasteiger partial charge in [0.05, 0.1) is 10.4 Å². The third-order valence-corrected chi connectivity index (χ3v) is 6.74. The first-order valence-electron chi connectivity index (χ1n) is 8.83. The number of hydrogen-bond acceptors (Lipinski definition) is 5. The number of aryl methyl sites for hydroxylation is 1. The van der Waals surface area contributed by atoms with Crippen molar-refractivity contribution in [3.63, 3.8) is 0 Å². The van der Waals surface area contributed by atoms with Gasteiger partial charge in [-0.1, -0.05) is 29.8 Å². The maximum absolute atomic E-state index is 12.9. The van der Waals surface area contributed by atoms with Gasteiger partial charge in [0, 0.05) is 38.8 Å². The smallest absolute Gasteiger partial charge is 0.408 e. The van der Waals surface area contributed by atoms with E-state index in [0.717, 1.165) is 6.54 Å². The average molecular weight is 387 g/mol. The molecule has 8 heteroatoms. The second-order valence-electron chi connectivity index (χ2n) is 6.84. The van der Waals surface area contributed by atoms with Crippen molar-refractivity contribution < 1.29 is 12.8 Å². The summed E-state index contributed by atoms with van der Waals surface area (Å²) < 4.78 is 32.3. The van der Waals surface area contributed by atoms with Gasteiger partial charge in [0.1, 0.15) is 0 Å². The molecule has 1 aliphatic rings. The molecule has 0 atom stereocenters. The van der Waals surface area contributed by atoms with E-state index in [1.807, 2.05) is 6.07 Å². The number of fused-ring (bicyclic) bond motifs is 1. The lowest BCUT2D eigenvalue weighted by molar-refractivity contribution is 0.181. The molecule has 2 heterocycles. The number of nitrogens with zero attached hydrogens (tertiary/aromatic N) is 2. The zero-order chi connectivity index (χ0) is 19.0. The minimum Gasteiger partial charge on any atom is -0.408 e. The van der Waals surface area contributed by atoms with Gasteiger partial charge in [-0.2, -0.15) is 4.31 Å². The summed E-state index contributed by atoms with van der Waals surface area (Å²) in [5.74, 6) is -0.593. The zero-order valence-corrected chi connectivity index (χ0v) is 15.8. The van der Waals surface area contributed by atoms with Gasteiger partial charge < -0.3 is 4.42 Å². The number of benzene rings is 2. The molecule has 1 aromatic heterocycles. The molecule has 7 nitrogen and oxygen atoms in total. The lowest BCUT2D eigenvalue weighted by Gasteiger charge is -2.34. The lowest BCUT2D eigenvalue weighted by atomic mass is 10.1. The number of piperazine rings is 1. The van der Waals surface area contributed by atoms with Crippen LogP contribution < -0.4 is 5.76 Å². The van der Waals surface area contributed by atoms with Crippen molar-refractivity contribution in [2.45, 2.75) is 18.4 Å². The average Bonchev–Trinajstić information content (AvgIpc) is 3.01. The molecule has 0 spiro atoms. The van der Waals surface area contributed by atoms with E-state index in [1.54, 1.807) is 6.07 Å². The van der Waals surface area contributed by atoms with Crippen molar-refractivity contribution >= 4 is 21.1 Å². The topological polar surface area (TPSA) is 86.6 Å². The van der Waals surface area contributed by atoms with Crippen LogP contribution in [0.3, 0.4) is 0 Å². The molecule has 3 aromatic rings. The van der Waals surface area contributed by atoms with Crippen molar-refractivity contribution in [1.82, 2.24) is 14.2 Å². The van der Waals surface area contributed by atoms with Crippen LogP contribution in [0.15, 0.2) is 56.6 Å². The van der Waals surface area contributed by atoms with Gasteiger partial charge in [0.25, 0.3) is 0 Å². The predicted octanol–water partition coefficient (Wildman–Crippen LogP) is 1.94. The quantitative estimate of drug-likeness (QED) is 0.739. The molecule has 0 bridgehead atoms. The summed E-state index contributed by atoms with van der Waals surface area (Å²) in [4.78, 5) is 16.2. The van der Waals surface area contributed by atoms with E-state index in [4.69, 9.17) is 4.42 Å². The highest BCUT2D eigenvalue weighted by Gasteiger charge is 2.29. The number of hydrogen-bond donors (Lipinski definition) is 1. The van der Waals surface area contributed by atoms with Crippen LogP contribution in [-0.2, 0) is 16.6 Å². The van der Waals surface area contributed by atoms with Crippen molar-refractivity contribution in [1.29, 1.82) is 0 Å². The Balaban J connectivity index is 1.46. The lowest BCUT2D eigenvalue weighted by Crippen LogP contribution is -2.48. The molecule has 27 heavy (non-hydrogen) atoms. The molecule has 2 aromatic carbocycles. The molecule has 1 fully saturated rings. The number of rotatable bonds is 4. The van der Waals surface area contributed by atoms with E-state index in [0.29, 0.717) is 31.7 Å². The van der Waals surface area contributed by atoms with Crippen LogP contribution in [-0.4, -0.2) is 48.8 Å². The van der Waals surface area contributed by atoms with Gasteiger partial charge in [-0.3, -0.25) is 9.88 Å². The van der Waals surface area contributed by atoms with Gasteiger partial charge >= 0.3 is 5.76 Å². The normalized spacial score (nSPS) is 16.8. The number of aromatic nitrogens is 1. The maximum Gasteiger partial charge on any atom is 0.417 e. The molecule has 1 saturated heterocycles. The Kier molecular flexibility index (Phi) is 4.63. The van der Waals surface area contributed by atoms with E-state index in [-0.39, 0.29) is 10.5 Å². The fraction of sp³-hybridized carbons (Fsp3) is 0.316. The SMILES string of the molecule is Cc1cccc(CN2CCN(S(=O)(=O)c3ccc4[nH]c(=O)oc4c3)CC2)c1. The standard InChI is InChI=1S/C19H21N3O4S/c1-14-3-2-4-15(11-14)13-21-7-9-22(10-8-21)27(24,25)16-5-6-17-18(12-16)26-19(23)20-17/h2-6,11-12H,7-10,13H2,1H3,(H,20,23). The summed E-state index contributed by atoms with van der Waals surface area (Å²) in [6.07, 6.45) is 0. The number of oxazole rings is 1. The molecule has 1 N–H and O–H groups in total. The van der Waals surface area contributed by atoms with Crippen LogP contribution in [0.4, 0.5) is 0 Å². The molecule has 4 rings (SSSR count). The number of H-pyrrole nitrogens is 1. The molecule has 0 amide bonds. The monoisotopic (exact) mass is 387 g/mol. The molecular formula is C19H21N3O4S. The van der Waals surface area contributed by atoms with E-state index in [9.17, 15) is 13.2 Å². The highest BCUT2D eigenvalue weighted by atomic mass is 32.2. The van der Waals surface area contributed by atoms with Gasteiger partial charge in [-0.25, -0.2) is 13.2 Å². The van der Waals surface area contributed by atoms with Crippen molar-refractivity contribution in [3.05, 3.63) is 64.1 Å². The predicted molar refractivity (Wildman–Crippen MR) is 102 cm³/mol. The van der Waals surface area contributed by atoms with E-state index in [2.05, 4.69) is 35.0 Å². The van der Waals surface area contributed by atoms with Gasteiger partial charge in [-0.05, 0) is 24.6 Å². The largest absolute Gasteiger partial charge is 0.417 e. The van der Waals surface area contributed by atoms with Crippen molar-refractivity contribution in [3.8, 4) is 0 Å². The van der Waals surface area contributed by atoms with Gasteiger partial charge in [-0.15, -0.1) is 0 Å². The first-order valence-corrected chi connectivity index (χ1v) is 10.3. The van der Waals surface area contributed by atoms with Crippen molar-refractivity contribution in [2.24, 2.45) is 0 Å². The Morgan fingerprint density at radius 3 is 2.59 bits per heavy atom. The first-order chi connectivity index (χ1) is 12.9. The number of aromatic amines is 1. The second-order valence-corrected chi connectivity index (χ2v) is 8.78. The second kappa shape index (κ2) is 6.95. The highest BCUT2D eigenvalue weighted by molar-refractivity contribution is 7.89. The summed E-state index contributed by atoms with van der Waals surface area (Å²) in [5.41, 5.74) is 3.20. The Labute approximate surface area is 157 Å². The fourth-order valence-electron chi connectivity index (χ4n) is 3.43. The van der Waals surface area contributed by atoms with E-state index >= 15 is 0 Å². The molecule has 0 saturated carbocycles. The van der Waals surface area contributed by atoms with Gasteiger partial charge in [0.15, 0.2) is 5.58 Å². The van der Waals surface area contributed by atoms with E-state index < -0.39 is 15.8 Å². The Hall–Kier alpha value is -2.42. The fourth-order valence-corrected chi connectivity index (χ4v) is 4.87. The molecule has 0 aliphatic carbocycles. The minimum atomic E-state index is -3.62. The minimum absolute atomic E-state index is 0.143. The van der Waals surface area contributed by atoms with Crippen LogP contribution in [0.2, 0.25) is 0 Å². The maximum atomic E-state index is 12.9. The van der Waals surface area contributed by atoms with Gasteiger partial charge in [0.2, 0.25) is 10.0 Å². The van der Waals surface area contributed by atoms with Crippen LogP contribution in [0.5, 0.6) is 0 Å². The molecule has 0 radical (unpaired) electrons. The Morgan fingerprint density at radius 1 is 1.07 bits per heavy atom. The summed E-state index contributed by atoms with van der Waals surface area (Å²) in [5, 5.41) is 0. The van der Waals surface area contributed by atoms with Crippen LogP contribution in [0, 0.1) is 6.92 Å². The van der Waals surface area contributed by atoms with Crippen molar-refractivity contribution in [2.75, 3.05) is 26.2 Å². The van der Waals surface area contributed by atoms with Crippen LogP contribution in [0.1, 0.15) is 11.1 Å². The third kappa shape index (κ3) is 3.69. The summed E-state index contributed by atoms with van der Waals surface area (Å²) in [6.45, 7) is 5.10. The molecule has 142 valence electrons. The molecule has 0 unspecified atom stereocenters. The number of nitrogens with one attached hydrogen (secondary N) is 1. The Morgan fingerprint density at radius 2 is 1.85 bits per heavy atom. The highest BCUT2D eigenvalue weighted by Crippen LogP contribution is 2.22. The summed E-state index contributed by atoms with van der Waals surface area (Å²) in [6, 6.07) is 12.8. The van der Waals surface area contributed by atoms with E-state index in [1.165, 1.54) is 27.6 Å². The Bertz CT molecular complexity index is 1130. The summed E-state index contributed by atoms with van der Waals surface area (Å²) in [7, 11) is -3.62. The first kappa shape index (κ1) is 18.0. The number of sulfonamides is 1. The third-order valence-electron chi connectivity index (χ3n) is 4.85. The zero-order valence-electron chi connectivity index (χ0n) is 15.0. The summed E-state index contributed by atoms with van der Waals surface area (Å²) >= 11 is 0.